The molecule has 0 saturated heterocycles. The number of esters is 1. The number of hydrogen-bond donors (Lipinski definition) is 1. The van der Waals surface area contributed by atoms with Crippen LogP contribution in [0.5, 0.6) is 5.75 Å². The van der Waals surface area contributed by atoms with Crippen molar-refractivity contribution in [3.63, 3.8) is 0 Å². The number of rotatable bonds is 7. The van der Waals surface area contributed by atoms with Gasteiger partial charge < -0.3 is 9.62 Å². The summed E-state index contributed by atoms with van der Waals surface area (Å²) in [5.41, 5.74) is 0. The van der Waals surface area contributed by atoms with Crippen LogP contribution in [0, 0.1) is 0 Å². The number of benzene rings is 2. The summed E-state index contributed by atoms with van der Waals surface area (Å²) in [7, 11) is -0.167. The number of carbonyl (C=O) groups excluding carboxylic acids is 1. The van der Waals surface area contributed by atoms with Gasteiger partial charge in [0, 0.05) is 5.39 Å². The lowest BCUT2D eigenvalue weighted by atomic mass is 10.1. The van der Waals surface area contributed by atoms with Crippen LogP contribution in [0.3, 0.4) is 0 Å². The molecule has 2 aromatic rings. The number of fused-ring (bicyclic) bond motifs is 1. The highest BCUT2D eigenvalue weighted by Crippen LogP contribution is 2.26. The second kappa shape index (κ2) is 7.93. The van der Waals surface area contributed by atoms with Gasteiger partial charge in [0.05, 0.1) is 6.61 Å². The van der Waals surface area contributed by atoms with Gasteiger partial charge in [0.1, 0.15) is 15.0 Å². The fraction of sp³-hybridized carbons (Fsp3) is 0.267. The minimum absolute atomic E-state index is 0.167. The largest absolute Gasteiger partial charge is 0.465 e. The third kappa shape index (κ3) is 4.39. The predicted molar refractivity (Wildman–Crippen MR) is 83.2 cm³/mol. The minimum atomic E-state index is -0.431. The average molecular weight is 307 g/mol. The van der Waals surface area contributed by atoms with E-state index in [2.05, 4.69) is 5.09 Å². The van der Waals surface area contributed by atoms with E-state index in [0.717, 1.165) is 10.8 Å². The smallest absolute Gasteiger partial charge is 0.323 e. The first-order valence-electron chi connectivity index (χ1n) is 6.71. The van der Waals surface area contributed by atoms with E-state index in [1.54, 1.807) is 13.8 Å². The highest BCUT2D eigenvalue weighted by atomic mass is 31.1. The van der Waals surface area contributed by atoms with Crippen LogP contribution in [-0.2, 0) is 14.2 Å². The Morgan fingerprint density at radius 3 is 2.81 bits per heavy atom. The maximum Gasteiger partial charge on any atom is 0.323 e. The van der Waals surface area contributed by atoms with Crippen molar-refractivity contribution in [2.24, 2.45) is 0 Å². The predicted octanol–water partition coefficient (Wildman–Crippen LogP) is 3.20. The molecule has 6 heteroatoms. The molecule has 0 aliphatic rings. The quantitative estimate of drug-likeness (QED) is 0.280. The van der Waals surface area contributed by atoms with Gasteiger partial charge in [-0.3, -0.25) is 9.88 Å². The average Bonchev–Trinajstić information content (AvgIpc) is 2.51. The molecule has 21 heavy (non-hydrogen) atoms. The van der Waals surface area contributed by atoms with Crippen LogP contribution < -0.4 is 9.97 Å². The van der Waals surface area contributed by atoms with Crippen LogP contribution in [0.2, 0.25) is 0 Å². The van der Waals surface area contributed by atoms with E-state index in [4.69, 9.17) is 14.3 Å². The Balaban J connectivity index is 1.84. The molecule has 0 amide bonds. The minimum Gasteiger partial charge on any atom is -0.465 e. The molecule has 0 radical (unpaired) electrons. The van der Waals surface area contributed by atoms with Crippen LogP contribution in [0.4, 0.5) is 0 Å². The molecule has 0 aromatic heterocycles. The lowest BCUT2D eigenvalue weighted by Crippen LogP contribution is -2.30. The van der Waals surface area contributed by atoms with Gasteiger partial charge in [-0.1, -0.05) is 36.4 Å². The summed E-state index contributed by atoms with van der Waals surface area (Å²) in [6.45, 7) is 3.85. The number of ether oxygens (including phenoxy) is 1. The highest BCUT2D eigenvalue weighted by molar-refractivity contribution is 7.29. The number of hydrogen-bond acceptors (Lipinski definition) is 5. The van der Waals surface area contributed by atoms with Crippen LogP contribution in [-0.4, -0.2) is 18.6 Å². The van der Waals surface area contributed by atoms with Gasteiger partial charge in [0.2, 0.25) is 0 Å². The molecule has 112 valence electrons. The molecule has 2 aromatic carbocycles. The molecule has 1 unspecified atom stereocenters. The van der Waals surface area contributed by atoms with Crippen molar-refractivity contribution in [3.8, 4) is 5.75 Å². The molecule has 0 spiro atoms. The SMILES string of the molecule is CCOC(=O)[C@H](C)NPOOc1cccc2ccccc12. The Labute approximate surface area is 125 Å². The molecule has 0 aliphatic heterocycles. The zero-order valence-electron chi connectivity index (χ0n) is 12.0. The van der Waals surface area contributed by atoms with Crippen LogP contribution in [0.15, 0.2) is 42.5 Å². The summed E-state index contributed by atoms with van der Waals surface area (Å²) in [5.74, 6) is 0.338. The van der Waals surface area contributed by atoms with Gasteiger partial charge in [-0.05, 0) is 25.3 Å². The van der Waals surface area contributed by atoms with Crippen molar-refractivity contribution < 1.29 is 19.1 Å². The monoisotopic (exact) mass is 307 g/mol. The van der Waals surface area contributed by atoms with E-state index in [9.17, 15) is 4.79 Å². The molecule has 0 bridgehead atoms. The van der Waals surface area contributed by atoms with Crippen molar-refractivity contribution in [1.82, 2.24) is 5.09 Å². The summed E-state index contributed by atoms with van der Waals surface area (Å²) in [6, 6.07) is 13.2. The molecule has 2 rings (SSSR count). The van der Waals surface area contributed by atoms with E-state index in [1.807, 2.05) is 42.5 Å². The van der Waals surface area contributed by atoms with Gasteiger partial charge in [0.15, 0.2) is 5.75 Å². The van der Waals surface area contributed by atoms with E-state index in [1.165, 1.54) is 0 Å². The summed E-state index contributed by atoms with van der Waals surface area (Å²) in [5, 5.41) is 4.95. The third-order valence-corrected chi connectivity index (χ3v) is 3.56. The number of nitrogens with one attached hydrogen (secondary N) is 1. The molecular formula is C15H18NO4P. The summed E-state index contributed by atoms with van der Waals surface area (Å²) in [6.07, 6.45) is 0. The van der Waals surface area contributed by atoms with Crippen molar-refractivity contribution in [3.05, 3.63) is 42.5 Å². The van der Waals surface area contributed by atoms with Crippen LogP contribution >= 0.6 is 8.96 Å². The highest BCUT2D eigenvalue weighted by Gasteiger charge is 2.13. The molecule has 0 saturated carbocycles. The molecule has 5 nitrogen and oxygen atoms in total. The second-order valence-electron chi connectivity index (χ2n) is 4.36. The van der Waals surface area contributed by atoms with Crippen molar-refractivity contribution in [1.29, 1.82) is 0 Å². The van der Waals surface area contributed by atoms with E-state index >= 15 is 0 Å². The molecule has 1 N–H and O–H groups in total. The van der Waals surface area contributed by atoms with Crippen LogP contribution in [0.1, 0.15) is 13.8 Å². The Bertz CT molecular complexity index is 600. The maximum absolute atomic E-state index is 11.4. The summed E-state index contributed by atoms with van der Waals surface area (Å²) >= 11 is 0. The topological polar surface area (TPSA) is 56.8 Å². The zero-order valence-corrected chi connectivity index (χ0v) is 13.0. The van der Waals surface area contributed by atoms with E-state index in [-0.39, 0.29) is 14.9 Å². The first-order chi connectivity index (χ1) is 10.2. The molecule has 0 fully saturated rings. The van der Waals surface area contributed by atoms with Gasteiger partial charge in [-0.15, -0.1) is 0 Å². The molecule has 2 atom stereocenters. The van der Waals surface area contributed by atoms with Crippen LogP contribution in [0.25, 0.3) is 10.8 Å². The lowest BCUT2D eigenvalue weighted by molar-refractivity contribution is -0.144. The Hall–Kier alpha value is -1.68. The fourth-order valence-corrected chi connectivity index (χ4v) is 2.25. The van der Waals surface area contributed by atoms with Crippen molar-refractivity contribution >= 4 is 25.7 Å². The van der Waals surface area contributed by atoms with E-state index in [0.29, 0.717) is 12.4 Å². The molecular weight excluding hydrogens is 289 g/mol. The molecule has 0 heterocycles. The van der Waals surface area contributed by atoms with Crippen molar-refractivity contribution in [2.45, 2.75) is 19.9 Å². The van der Waals surface area contributed by atoms with E-state index < -0.39 is 6.04 Å². The Kier molecular flexibility index (Phi) is 5.93. The zero-order chi connectivity index (χ0) is 15.1. The van der Waals surface area contributed by atoms with Crippen molar-refractivity contribution in [2.75, 3.05) is 6.61 Å². The fourth-order valence-electron chi connectivity index (χ4n) is 1.77. The lowest BCUT2D eigenvalue weighted by Gasteiger charge is -2.12. The molecule has 0 aliphatic carbocycles. The summed E-state index contributed by atoms with van der Waals surface area (Å²) < 4.78 is 10.0. The van der Waals surface area contributed by atoms with Gasteiger partial charge in [-0.2, -0.15) is 4.67 Å². The normalized spacial score (nSPS) is 12.7. The first kappa shape index (κ1) is 15.7. The van der Waals surface area contributed by atoms with Gasteiger partial charge in [-0.25, -0.2) is 0 Å². The number of carbonyl (C=O) groups is 1. The Morgan fingerprint density at radius 1 is 1.24 bits per heavy atom. The summed E-state index contributed by atoms with van der Waals surface area (Å²) in [4.78, 5) is 16.7. The Morgan fingerprint density at radius 2 is 2.00 bits per heavy atom. The second-order valence-corrected chi connectivity index (χ2v) is 5.02. The maximum atomic E-state index is 11.4. The first-order valence-corrected chi connectivity index (χ1v) is 7.61. The third-order valence-electron chi connectivity index (χ3n) is 2.84. The van der Waals surface area contributed by atoms with Gasteiger partial charge in [0.25, 0.3) is 0 Å². The van der Waals surface area contributed by atoms with Gasteiger partial charge >= 0.3 is 5.97 Å². The standard InChI is InChI=1S/C15H18NO4P/c1-3-18-15(17)11(2)16-21-20-19-14-10-6-8-12-7-4-5-9-13(12)14/h4-11,16,21H,3H2,1-2H3/t11-/m0/s1.